The SMILES string of the molecule is CC(C)C(=O)N1CCC[C@H]1C(=O)N1CCC(C2OCCO2)CC1. The van der Waals surface area contributed by atoms with Gasteiger partial charge in [-0.2, -0.15) is 0 Å². The molecule has 0 saturated carbocycles. The Kier molecular flexibility index (Phi) is 5.21. The number of hydrogen-bond donors (Lipinski definition) is 0. The predicted octanol–water partition coefficient (Wildman–Crippen LogP) is 1.24. The lowest BCUT2D eigenvalue weighted by atomic mass is 9.95. The highest BCUT2D eigenvalue weighted by molar-refractivity contribution is 5.89. The van der Waals surface area contributed by atoms with Gasteiger partial charge in [-0.15, -0.1) is 0 Å². The minimum absolute atomic E-state index is 0.0502. The Bertz CT molecular complexity index is 440. The number of carbonyl (C=O) groups excluding carboxylic acids is 2. The summed E-state index contributed by atoms with van der Waals surface area (Å²) in [5, 5.41) is 0. The number of rotatable bonds is 3. The molecule has 0 aromatic rings. The van der Waals surface area contributed by atoms with Crippen molar-refractivity contribution >= 4 is 11.8 Å². The van der Waals surface area contributed by atoms with E-state index >= 15 is 0 Å². The normalized spacial score (nSPS) is 27.2. The van der Waals surface area contributed by atoms with Crippen LogP contribution in [0.25, 0.3) is 0 Å². The van der Waals surface area contributed by atoms with Gasteiger partial charge in [0, 0.05) is 31.5 Å². The van der Waals surface area contributed by atoms with Gasteiger partial charge in [-0.25, -0.2) is 0 Å². The number of carbonyl (C=O) groups is 2. The quantitative estimate of drug-likeness (QED) is 0.784. The summed E-state index contributed by atoms with van der Waals surface area (Å²) >= 11 is 0. The van der Waals surface area contributed by atoms with Gasteiger partial charge in [0.15, 0.2) is 6.29 Å². The van der Waals surface area contributed by atoms with Crippen molar-refractivity contribution in [1.82, 2.24) is 9.80 Å². The van der Waals surface area contributed by atoms with Gasteiger partial charge in [0.1, 0.15) is 6.04 Å². The van der Waals surface area contributed by atoms with Gasteiger partial charge >= 0.3 is 0 Å². The topological polar surface area (TPSA) is 59.1 Å². The third kappa shape index (κ3) is 3.53. The van der Waals surface area contributed by atoms with Crippen molar-refractivity contribution < 1.29 is 19.1 Å². The number of nitrogens with zero attached hydrogens (tertiary/aromatic N) is 2. The highest BCUT2D eigenvalue weighted by Gasteiger charge is 2.39. The average Bonchev–Trinajstić information content (AvgIpc) is 3.25. The van der Waals surface area contributed by atoms with Crippen molar-refractivity contribution in [2.24, 2.45) is 11.8 Å². The van der Waals surface area contributed by atoms with Gasteiger partial charge in [-0.05, 0) is 25.7 Å². The van der Waals surface area contributed by atoms with Crippen LogP contribution in [0.5, 0.6) is 0 Å². The molecule has 6 nitrogen and oxygen atoms in total. The lowest BCUT2D eigenvalue weighted by Gasteiger charge is -2.37. The van der Waals surface area contributed by atoms with E-state index in [4.69, 9.17) is 9.47 Å². The van der Waals surface area contributed by atoms with Crippen molar-refractivity contribution in [1.29, 1.82) is 0 Å². The van der Waals surface area contributed by atoms with E-state index < -0.39 is 0 Å². The maximum Gasteiger partial charge on any atom is 0.245 e. The zero-order chi connectivity index (χ0) is 16.4. The zero-order valence-electron chi connectivity index (χ0n) is 14.2. The second-order valence-electron chi connectivity index (χ2n) is 7.12. The Morgan fingerprint density at radius 3 is 2.26 bits per heavy atom. The molecule has 0 aromatic heterocycles. The van der Waals surface area contributed by atoms with Crippen molar-refractivity contribution in [2.45, 2.75) is 51.9 Å². The largest absolute Gasteiger partial charge is 0.350 e. The van der Waals surface area contributed by atoms with Crippen LogP contribution in [0, 0.1) is 11.8 Å². The molecule has 0 bridgehead atoms. The number of ether oxygens (including phenoxy) is 2. The van der Waals surface area contributed by atoms with Crippen molar-refractivity contribution in [2.75, 3.05) is 32.8 Å². The Hall–Kier alpha value is -1.14. The summed E-state index contributed by atoms with van der Waals surface area (Å²) in [6.07, 6.45) is 3.47. The molecule has 1 atom stereocenters. The molecule has 0 aliphatic carbocycles. The summed E-state index contributed by atoms with van der Waals surface area (Å²) in [5.41, 5.74) is 0. The number of piperidine rings is 1. The zero-order valence-corrected chi connectivity index (χ0v) is 14.2. The summed E-state index contributed by atoms with van der Waals surface area (Å²) < 4.78 is 11.2. The minimum Gasteiger partial charge on any atom is -0.350 e. The molecule has 0 spiro atoms. The first kappa shape index (κ1) is 16.7. The van der Waals surface area contributed by atoms with Crippen molar-refractivity contribution in [3.8, 4) is 0 Å². The Morgan fingerprint density at radius 2 is 1.65 bits per heavy atom. The maximum absolute atomic E-state index is 12.8. The van der Waals surface area contributed by atoms with Crippen LogP contribution >= 0.6 is 0 Å². The number of amides is 2. The molecule has 3 saturated heterocycles. The van der Waals surface area contributed by atoms with Crippen LogP contribution in [-0.4, -0.2) is 66.8 Å². The van der Waals surface area contributed by atoms with Gasteiger partial charge in [-0.3, -0.25) is 9.59 Å². The van der Waals surface area contributed by atoms with Crippen LogP contribution in [-0.2, 0) is 19.1 Å². The predicted molar refractivity (Wildman–Crippen MR) is 84.6 cm³/mol. The molecule has 6 heteroatoms. The monoisotopic (exact) mass is 324 g/mol. The number of hydrogen-bond acceptors (Lipinski definition) is 4. The van der Waals surface area contributed by atoms with E-state index in [1.807, 2.05) is 18.7 Å². The van der Waals surface area contributed by atoms with Crippen LogP contribution in [0.3, 0.4) is 0 Å². The van der Waals surface area contributed by atoms with Crippen LogP contribution in [0.2, 0.25) is 0 Å². The summed E-state index contributed by atoms with van der Waals surface area (Å²) in [4.78, 5) is 28.9. The maximum atomic E-state index is 12.8. The van der Waals surface area contributed by atoms with Crippen molar-refractivity contribution in [3.63, 3.8) is 0 Å². The summed E-state index contributed by atoms with van der Waals surface area (Å²) in [7, 11) is 0. The summed E-state index contributed by atoms with van der Waals surface area (Å²) in [6, 6.07) is -0.250. The molecule has 2 amide bonds. The van der Waals surface area contributed by atoms with E-state index in [1.165, 1.54) is 0 Å². The first-order valence-electron chi connectivity index (χ1n) is 8.90. The lowest BCUT2D eigenvalue weighted by Crippen LogP contribution is -2.51. The third-order valence-corrected chi connectivity index (χ3v) is 5.20. The molecule has 23 heavy (non-hydrogen) atoms. The van der Waals surface area contributed by atoms with Crippen LogP contribution in [0.4, 0.5) is 0 Å². The summed E-state index contributed by atoms with van der Waals surface area (Å²) in [6.45, 7) is 7.36. The fourth-order valence-corrected chi connectivity index (χ4v) is 3.87. The van der Waals surface area contributed by atoms with Gasteiger partial charge < -0.3 is 19.3 Å². The molecule has 3 fully saturated rings. The molecule has 3 aliphatic heterocycles. The second kappa shape index (κ2) is 7.18. The molecule has 130 valence electrons. The Labute approximate surface area is 138 Å². The van der Waals surface area contributed by atoms with Gasteiger partial charge in [0.05, 0.1) is 13.2 Å². The summed E-state index contributed by atoms with van der Waals surface area (Å²) in [5.74, 6) is 0.566. The molecule has 0 unspecified atom stereocenters. The molecule has 3 heterocycles. The molecular formula is C17H28N2O4. The molecule has 0 radical (unpaired) electrons. The fraction of sp³-hybridized carbons (Fsp3) is 0.882. The van der Waals surface area contributed by atoms with E-state index in [0.29, 0.717) is 25.7 Å². The first-order chi connectivity index (χ1) is 11.1. The van der Waals surface area contributed by atoms with Crippen LogP contribution in [0.15, 0.2) is 0 Å². The van der Waals surface area contributed by atoms with Gasteiger partial charge in [0.2, 0.25) is 11.8 Å². The highest BCUT2D eigenvalue weighted by atomic mass is 16.7. The lowest BCUT2D eigenvalue weighted by molar-refractivity contribution is -0.148. The Morgan fingerprint density at radius 1 is 1.00 bits per heavy atom. The van der Waals surface area contributed by atoms with Crippen LogP contribution < -0.4 is 0 Å². The third-order valence-electron chi connectivity index (χ3n) is 5.20. The molecule has 3 aliphatic rings. The van der Waals surface area contributed by atoms with Crippen molar-refractivity contribution in [3.05, 3.63) is 0 Å². The first-order valence-corrected chi connectivity index (χ1v) is 8.90. The van der Waals surface area contributed by atoms with E-state index in [0.717, 1.165) is 38.8 Å². The van der Waals surface area contributed by atoms with E-state index in [2.05, 4.69) is 0 Å². The molecule has 0 aromatic carbocycles. The van der Waals surface area contributed by atoms with E-state index in [1.54, 1.807) is 4.90 Å². The molecular weight excluding hydrogens is 296 g/mol. The fourth-order valence-electron chi connectivity index (χ4n) is 3.87. The highest BCUT2D eigenvalue weighted by Crippen LogP contribution is 2.28. The Balaban J connectivity index is 1.55. The average molecular weight is 324 g/mol. The standard InChI is InChI=1S/C17H28N2O4/c1-12(2)15(20)19-7-3-4-14(19)16(21)18-8-5-13(6-9-18)17-22-10-11-23-17/h12-14,17H,3-11H2,1-2H3/t14-/m0/s1. The molecule has 3 rings (SSSR count). The van der Waals surface area contributed by atoms with E-state index in [9.17, 15) is 9.59 Å². The minimum atomic E-state index is -0.250. The number of likely N-dealkylation sites (tertiary alicyclic amines) is 2. The van der Waals surface area contributed by atoms with E-state index in [-0.39, 0.29) is 30.1 Å². The van der Waals surface area contributed by atoms with Gasteiger partial charge in [0.25, 0.3) is 0 Å². The smallest absolute Gasteiger partial charge is 0.245 e. The molecule has 0 N–H and O–H groups in total. The van der Waals surface area contributed by atoms with Gasteiger partial charge in [-0.1, -0.05) is 13.8 Å². The van der Waals surface area contributed by atoms with Crippen LogP contribution in [0.1, 0.15) is 39.5 Å². The second-order valence-corrected chi connectivity index (χ2v) is 7.12.